The van der Waals surface area contributed by atoms with Crippen LogP contribution < -0.4 is 26.4 Å². The molecule has 8 N–H and O–H groups in total. The third-order valence-electron chi connectivity index (χ3n) is 7.45. The average molecular weight is 727 g/mol. The van der Waals surface area contributed by atoms with Gasteiger partial charge in [0.15, 0.2) is 5.76 Å². The summed E-state index contributed by atoms with van der Waals surface area (Å²) in [4.78, 5) is 48.6. The molecular formula is C30H31ClN10O8S. The van der Waals surface area contributed by atoms with Crippen molar-refractivity contribution in [3.05, 3.63) is 70.9 Å². The average Bonchev–Trinajstić information content (AvgIpc) is 3.75. The number of nitrogen functional groups attached to an aromatic ring is 1. The van der Waals surface area contributed by atoms with E-state index >= 15 is 0 Å². The molecule has 0 fully saturated rings. The van der Waals surface area contributed by atoms with Gasteiger partial charge in [0, 0.05) is 18.3 Å². The number of anilines is 3. The van der Waals surface area contributed by atoms with E-state index in [1.165, 1.54) is 24.6 Å². The number of benzene rings is 2. The molecule has 3 aromatic heterocycles. The maximum Gasteiger partial charge on any atom is 0.404 e. The summed E-state index contributed by atoms with van der Waals surface area (Å²) in [6.07, 6.45) is 1.44. The highest BCUT2D eigenvalue weighted by atomic mass is 35.5. The van der Waals surface area contributed by atoms with E-state index in [4.69, 9.17) is 26.9 Å². The van der Waals surface area contributed by atoms with E-state index < -0.39 is 61.1 Å². The molecule has 0 radical (unpaired) electrons. The van der Waals surface area contributed by atoms with Crippen LogP contribution in [0.1, 0.15) is 36.2 Å². The quantitative estimate of drug-likeness (QED) is 0.0860. The Balaban J connectivity index is 1.17. The van der Waals surface area contributed by atoms with Gasteiger partial charge in [-0.2, -0.15) is 19.5 Å². The second-order valence-electron chi connectivity index (χ2n) is 11.0. The molecule has 0 aliphatic carbocycles. The maximum atomic E-state index is 13.2. The Morgan fingerprint density at radius 3 is 2.50 bits per heavy atom. The fourth-order valence-corrected chi connectivity index (χ4v) is 5.98. The van der Waals surface area contributed by atoms with Crippen LogP contribution in [0.3, 0.4) is 0 Å². The van der Waals surface area contributed by atoms with Gasteiger partial charge in [0.1, 0.15) is 5.75 Å². The van der Waals surface area contributed by atoms with Crippen molar-refractivity contribution >= 4 is 62.9 Å². The van der Waals surface area contributed by atoms with Crippen LogP contribution in [0.25, 0.3) is 17.4 Å². The van der Waals surface area contributed by atoms with Crippen LogP contribution in [0.5, 0.6) is 5.75 Å². The molecule has 5 aromatic rings. The van der Waals surface area contributed by atoms with Gasteiger partial charge in [-0.15, -0.1) is 5.10 Å². The molecule has 0 bridgehead atoms. The van der Waals surface area contributed by atoms with Crippen molar-refractivity contribution in [2.24, 2.45) is 5.92 Å². The lowest BCUT2D eigenvalue weighted by atomic mass is 10.0. The Kier molecular flexibility index (Phi) is 10.4. The van der Waals surface area contributed by atoms with Crippen LogP contribution in [0.4, 0.5) is 22.4 Å². The molecule has 3 heterocycles. The predicted octanol–water partition coefficient (Wildman–Crippen LogP) is 3.11. The SMILES string of the molecule is CC(NC(=O)O)[C@H](C)C(=O)NC(=O)c1cc(S(=O)(=O)Nc2ccc(CCCNc3nc(N)n4nc(-c5ccco5)nc4n3)cc2)cc(Cl)c1O. The number of hydrogen-bond donors (Lipinski definition) is 7. The predicted molar refractivity (Wildman–Crippen MR) is 180 cm³/mol. The van der Waals surface area contributed by atoms with Crippen molar-refractivity contribution < 1.29 is 37.4 Å². The number of halogens is 1. The number of fused-ring (bicyclic) bond motifs is 1. The minimum atomic E-state index is -4.31. The minimum absolute atomic E-state index is 0.0945. The Hall–Kier alpha value is -5.95. The first-order chi connectivity index (χ1) is 23.7. The van der Waals surface area contributed by atoms with E-state index in [2.05, 4.69) is 35.4 Å². The topological polar surface area (TPSA) is 269 Å². The lowest BCUT2D eigenvalue weighted by molar-refractivity contribution is -0.124. The fraction of sp³-hybridized carbons (Fsp3) is 0.233. The van der Waals surface area contributed by atoms with Gasteiger partial charge in [-0.05, 0) is 61.7 Å². The standard InChI is InChI=1S/C30H31ClN10O8S/c1-15(16(2)34-30(45)46)25(43)36-26(44)20-13-19(14-21(31)23(20)42)50(47,48)40-18-9-7-17(8-10-18)5-3-11-33-28-37-27(32)41-29(38-28)35-24(39-41)22-6-4-12-49-22/h4,6-10,12-16,34,40,42H,3,5,11H2,1-2H3,(H,45,46)(H,36,43,44)(H3,32,33,35,37,38,39)/t15-,16?/m0/s1. The summed E-state index contributed by atoms with van der Waals surface area (Å²) in [5.41, 5.74) is 6.57. The number of nitrogens with one attached hydrogen (secondary N) is 4. The number of carbonyl (C=O) groups is 3. The second-order valence-corrected chi connectivity index (χ2v) is 13.1. The first-order valence-corrected chi connectivity index (χ1v) is 16.7. The number of carbonyl (C=O) groups excluding carboxylic acids is 2. The molecule has 0 saturated carbocycles. The zero-order chi connectivity index (χ0) is 36.2. The Morgan fingerprint density at radius 1 is 1.08 bits per heavy atom. The molecule has 18 nitrogen and oxygen atoms in total. The second kappa shape index (κ2) is 14.7. The zero-order valence-electron chi connectivity index (χ0n) is 26.4. The van der Waals surface area contributed by atoms with Crippen molar-refractivity contribution in [2.75, 3.05) is 22.3 Å². The van der Waals surface area contributed by atoms with Gasteiger partial charge in [0.2, 0.25) is 23.6 Å². The number of nitrogens with zero attached hydrogens (tertiary/aromatic N) is 5. The number of hydrogen-bond acceptors (Lipinski definition) is 13. The number of carboxylic acid groups (broad SMARTS) is 1. The van der Waals surface area contributed by atoms with E-state index in [1.807, 2.05) is 5.32 Å². The van der Waals surface area contributed by atoms with Crippen LogP contribution in [-0.4, -0.2) is 73.7 Å². The summed E-state index contributed by atoms with van der Waals surface area (Å²) in [6.45, 7) is 3.30. The summed E-state index contributed by atoms with van der Waals surface area (Å²) < 4.78 is 35.4. The molecule has 0 spiro atoms. The van der Waals surface area contributed by atoms with Crippen molar-refractivity contribution in [1.29, 1.82) is 0 Å². The van der Waals surface area contributed by atoms with Crippen LogP contribution in [0, 0.1) is 5.92 Å². The van der Waals surface area contributed by atoms with Gasteiger partial charge in [0.25, 0.3) is 21.7 Å². The number of furan rings is 1. The molecule has 2 aromatic carbocycles. The molecule has 3 amide bonds. The molecule has 262 valence electrons. The molecule has 0 aliphatic heterocycles. The maximum absolute atomic E-state index is 13.2. The first-order valence-electron chi connectivity index (χ1n) is 14.9. The number of imide groups is 1. The molecule has 20 heteroatoms. The lowest BCUT2D eigenvalue weighted by Gasteiger charge is -2.19. The normalized spacial score (nSPS) is 12.6. The largest absolute Gasteiger partial charge is 0.506 e. The van der Waals surface area contributed by atoms with Crippen LogP contribution in [0.2, 0.25) is 5.02 Å². The summed E-state index contributed by atoms with van der Waals surface area (Å²) in [5, 5.41) is 30.3. The van der Waals surface area contributed by atoms with E-state index in [0.29, 0.717) is 31.0 Å². The summed E-state index contributed by atoms with van der Waals surface area (Å²) >= 11 is 6.04. The van der Waals surface area contributed by atoms with Crippen LogP contribution in [-0.2, 0) is 21.2 Å². The summed E-state index contributed by atoms with van der Waals surface area (Å²) in [5.74, 6) is -2.31. The number of aryl methyl sites for hydroxylation is 1. The van der Waals surface area contributed by atoms with Gasteiger partial charge in [-0.25, -0.2) is 13.2 Å². The van der Waals surface area contributed by atoms with Crippen molar-refractivity contribution in [1.82, 2.24) is 35.2 Å². The van der Waals surface area contributed by atoms with Crippen LogP contribution in [0.15, 0.2) is 64.1 Å². The van der Waals surface area contributed by atoms with Crippen molar-refractivity contribution in [3.8, 4) is 17.3 Å². The number of aromatic hydroxyl groups is 1. The highest BCUT2D eigenvalue weighted by Gasteiger charge is 2.27. The van der Waals surface area contributed by atoms with E-state index in [9.17, 15) is 27.9 Å². The van der Waals surface area contributed by atoms with E-state index in [0.717, 1.165) is 17.7 Å². The minimum Gasteiger partial charge on any atom is -0.506 e. The highest BCUT2D eigenvalue weighted by Crippen LogP contribution is 2.32. The van der Waals surface area contributed by atoms with Crippen molar-refractivity contribution in [3.63, 3.8) is 0 Å². The van der Waals surface area contributed by atoms with Gasteiger partial charge >= 0.3 is 6.09 Å². The molecule has 0 saturated heterocycles. The Morgan fingerprint density at radius 2 is 1.82 bits per heavy atom. The molecule has 50 heavy (non-hydrogen) atoms. The summed E-state index contributed by atoms with van der Waals surface area (Å²) in [6, 6.07) is 11.0. The molecule has 0 aliphatic rings. The third kappa shape index (κ3) is 8.18. The number of phenolic OH excluding ortho intramolecular Hbond substituents is 1. The Labute approximate surface area is 289 Å². The fourth-order valence-electron chi connectivity index (χ4n) is 4.58. The number of rotatable bonds is 13. The van der Waals surface area contributed by atoms with Gasteiger partial charge in [0.05, 0.1) is 27.7 Å². The number of amides is 3. The molecular weight excluding hydrogens is 696 g/mol. The molecule has 2 atom stereocenters. The lowest BCUT2D eigenvalue weighted by Crippen LogP contribution is -2.45. The van der Waals surface area contributed by atoms with Gasteiger partial charge in [-0.3, -0.25) is 19.6 Å². The number of sulfonamides is 1. The molecule has 5 rings (SSSR count). The highest BCUT2D eigenvalue weighted by molar-refractivity contribution is 7.92. The van der Waals surface area contributed by atoms with Crippen LogP contribution >= 0.6 is 11.6 Å². The van der Waals surface area contributed by atoms with Crippen molar-refractivity contribution in [2.45, 2.75) is 37.6 Å². The number of phenols is 1. The number of aromatic nitrogens is 5. The monoisotopic (exact) mass is 726 g/mol. The Bertz CT molecular complexity index is 2160. The van der Waals surface area contributed by atoms with E-state index in [-0.39, 0.29) is 23.4 Å². The van der Waals surface area contributed by atoms with E-state index in [1.54, 1.807) is 36.4 Å². The third-order valence-corrected chi connectivity index (χ3v) is 9.10. The zero-order valence-corrected chi connectivity index (χ0v) is 28.0. The van der Waals surface area contributed by atoms with Gasteiger partial charge in [-0.1, -0.05) is 30.7 Å². The smallest absolute Gasteiger partial charge is 0.404 e. The number of nitrogens with two attached hydrogens (primary N) is 1. The molecule has 1 unspecified atom stereocenters. The summed E-state index contributed by atoms with van der Waals surface area (Å²) in [7, 11) is -4.31. The van der Waals surface area contributed by atoms with Gasteiger partial charge < -0.3 is 31.0 Å². The first kappa shape index (κ1) is 35.4.